The monoisotopic (exact) mass is 314 g/mol. The van der Waals surface area contributed by atoms with Crippen molar-refractivity contribution in [1.82, 2.24) is 5.16 Å². The second-order valence-corrected chi connectivity index (χ2v) is 5.03. The summed E-state index contributed by atoms with van der Waals surface area (Å²) in [7, 11) is 0. The third kappa shape index (κ3) is 3.10. The summed E-state index contributed by atoms with van der Waals surface area (Å²) >= 11 is 5.86. The number of benzene rings is 2. The number of phenolic OH excluding ortho intramolecular Hbond substituents is 1. The molecule has 0 saturated heterocycles. The predicted octanol–water partition coefficient (Wildman–Crippen LogP) is 3.95. The standard InChI is InChI=1S/C16H11ClN2O3/c17-11-4-2-5-12(8-11)18-16(21)14-9-15(22-19-14)10-3-1-6-13(20)7-10/h1-9,20H,(H,18,21). The van der Waals surface area contributed by atoms with Crippen LogP contribution in [0.1, 0.15) is 10.5 Å². The number of anilines is 1. The van der Waals surface area contributed by atoms with E-state index in [4.69, 9.17) is 16.1 Å². The van der Waals surface area contributed by atoms with E-state index in [-0.39, 0.29) is 11.4 Å². The molecule has 1 aromatic heterocycles. The molecule has 6 heteroatoms. The van der Waals surface area contributed by atoms with E-state index < -0.39 is 5.91 Å². The summed E-state index contributed by atoms with van der Waals surface area (Å²) in [6.45, 7) is 0. The van der Waals surface area contributed by atoms with E-state index in [0.717, 1.165) is 0 Å². The SMILES string of the molecule is O=C(Nc1cccc(Cl)c1)c1cc(-c2cccc(O)c2)on1. The van der Waals surface area contributed by atoms with Crippen LogP contribution in [0.25, 0.3) is 11.3 Å². The summed E-state index contributed by atoms with van der Waals surface area (Å²) in [6, 6.07) is 14.8. The molecule has 1 heterocycles. The Kier molecular flexibility index (Phi) is 3.80. The Hall–Kier alpha value is -2.79. The van der Waals surface area contributed by atoms with Crippen LogP contribution in [0.5, 0.6) is 5.75 Å². The lowest BCUT2D eigenvalue weighted by Crippen LogP contribution is -2.11. The highest BCUT2D eigenvalue weighted by Crippen LogP contribution is 2.24. The molecule has 3 rings (SSSR count). The molecule has 0 fully saturated rings. The number of aromatic hydroxyl groups is 1. The van der Waals surface area contributed by atoms with E-state index in [1.165, 1.54) is 12.1 Å². The van der Waals surface area contributed by atoms with Crippen molar-refractivity contribution >= 4 is 23.2 Å². The molecule has 0 saturated carbocycles. The first kappa shape index (κ1) is 14.2. The van der Waals surface area contributed by atoms with Crippen LogP contribution in [-0.4, -0.2) is 16.2 Å². The number of nitrogens with zero attached hydrogens (tertiary/aromatic N) is 1. The largest absolute Gasteiger partial charge is 0.508 e. The van der Waals surface area contributed by atoms with E-state index in [1.54, 1.807) is 42.5 Å². The second-order valence-electron chi connectivity index (χ2n) is 4.59. The Bertz CT molecular complexity index is 830. The van der Waals surface area contributed by atoms with Crippen LogP contribution in [0.2, 0.25) is 5.02 Å². The molecule has 5 nitrogen and oxygen atoms in total. The molecule has 0 unspecified atom stereocenters. The van der Waals surface area contributed by atoms with Crippen LogP contribution >= 0.6 is 11.6 Å². The summed E-state index contributed by atoms with van der Waals surface area (Å²) in [5.41, 5.74) is 1.34. The Balaban J connectivity index is 1.80. The quantitative estimate of drug-likeness (QED) is 0.767. The number of hydrogen-bond donors (Lipinski definition) is 2. The van der Waals surface area contributed by atoms with Crippen molar-refractivity contribution in [2.45, 2.75) is 0 Å². The molecule has 110 valence electrons. The molecule has 0 aliphatic rings. The van der Waals surface area contributed by atoms with Gasteiger partial charge in [0, 0.05) is 22.3 Å². The zero-order chi connectivity index (χ0) is 15.5. The molecule has 0 spiro atoms. The van der Waals surface area contributed by atoms with Gasteiger partial charge < -0.3 is 14.9 Å². The average molecular weight is 315 g/mol. The molecule has 2 aromatic carbocycles. The Morgan fingerprint density at radius 2 is 1.95 bits per heavy atom. The molecule has 0 aliphatic heterocycles. The van der Waals surface area contributed by atoms with Gasteiger partial charge >= 0.3 is 0 Å². The lowest BCUT2D eigenvalue weighted by Gasteiger charge is -2.02. The third-order valence-electron chi connectivity index (χ3n) is 2.96. The maximum atomic E-state index is 12.1. The van der Waals surface area contributed by atoms with Gasteiger partial charge in [-0.1, -0.05) is 35.0 Å². The molecular formula is C16H11ClN2O3. The number of aromatic nitrogens is 1. The fourth-order valence-corrected chi connectivity index (χ4v) is 2.13. The van der Waals surface area contributed by atoms with Crippen molar-refractivity contribution < 1.29 is 14.4 Å². The van der Waals surface area contributed by atoms with Gasteiger partial charge in [0.25, 0.3) is 5.91 Å². The average Bonchev–Trinajstić information content (AvgIpc) is 2.97. The fraction of sp³-hybridized carbons (Fsp3) is 0. The maximum Gasteiger partial charge on any atom is 0.277 e. The molecular weight excluding hydrogens is 304 g/mol. The molecule has 0 radical (unpaired) electrons. The zero-order valence-electron chi connectivity index (χ0n) is 11.3. The smallest absolute Gasteiger partial charge is 0.277 e. The van der Waals surface area contributed by atoms with E-state index in [1.807, 2.05) is 0 Å². The van der Waals surface area contributed by atoms with Crippen LogP contribution in [0.15, 0.2) is 59.1 Å². The highest BCUT2D eigenvalue weighted by molar-refractivity contribution is 6.30. The van der Waals surface area contributed by atoms with Gasteiger partial charge in [0.2, 0.25) is 0 Å². The van der Waals surface area contributed by atoms with Crippen molar-refractivity contribution in [2.24, 2.45) is 0 Å². The first-order valence-electron chi connectivity index (χ1n) is 6.45. The molecule has 3 aromatic rings. The number of carbonyl (C=O) groups is 1. The van der Waals surface area contributed by atoms with E-state index in [0.29, 0.717) is 22.0 Å². The Labute approximate surface area is 131 Å². The van der Waals surface area contributed by atoms with Crippen molar-refractivity contribution in [1.29, 1.82) is 0 Å². The Morgan fingerprint density at radius 1 is 1.14 bits per heavy atom. The summed E-state index contributed by atoms with van der Waals surface area (Å²) in [5.74, 6) is 0.100. The van der Waals surface area contributed by atoms with Gasteiger partial charge in [0.15, 0.2) is 11.5 Å². The van der Waals surface area contributed by atoms with E-state index in [9.17, 15) is 9.90 Å². The number of phenols is 1. The van der Waals surface area contributed by atoms with Crippen LogP contribution in [0.4, 0.5) is 5.69 Å². The summed E-state index contributed by atoms with van der Waals surface area (Å²) in [4.78, 5) is 12.1. The minimum absolute atomic E-state index is 0.110. The molecule has 0 atom stereocenters. The fourth-order valence-electron chi connectivity index (χ4n) is 1.94. The molecule has 22 heavy (non-hydrogen) atoms. The van der Waals surface area contributed by atoms with Gasteiger partial charge in [0.05, 0.1) is 0 Å². The van der Waals surface area contributed by atoms with Crippen LogP contribution < -0.4 is 5.32 Å². The highest BCUT2D eigenvalue weighted by Gasteiger charge is 2.14. The molecule has 2 N–H and O–H groups in total. The second kappa shape index (κ2) is 5.91. The lowest BCUT2D eigenvalue weighted by atomic mass is 10.1. The van der Waals surface area contributed by atoms with Crippen molar-refractivity contribution in [2.75, 3.05) is 5.32 Å². The molecule has 0 aliphatic carbocycles. The van der Waals surface area contributed by atoms with Gasteiger partial charge in [-0.2, -0.15) is 0 Å². The topological polar surface area (TPSA) is 75.4 Å². The van der Waals surface area contributed by atoms with Crippen molar-refractivity contribution in [3.05, 3.63) is 65.3 Å². The third-order valence-corrected chi connectivity index (χ3v) is 3.19. The van der Waals surface area contributed by atoms with Crippen molar-refractivity contribution in [3.63, 3.8) is 0 Å². The summed E-state index contributed by atoms with van der Waals surface area (Å²) in [6.07, 6.45) is 0. The first-order chi connectivity index (χ1) is 10.6. The number of rotatable bonds is 3. The lowest BCUT2D eigenvalue weighted by molar-refractivity contribution is 0.101. The highest BCUT2D eigenvalue weighted by atomic mass is 35.5. The minimum Gasteiger partial charge on any atom is -0.508 e. The van der Waals surface area contributed by atoms with Crippen LogP contribution in [0.3, 0.4) is 0 Å². The number of carbonyl (C=O) groups excluding carboxylic acids is 1. The number of halogens is 1. The maximum absolute atomic E-state index is 12.1. The van der Waals surface area contributed by atoms with Gasteiger partial charge in [-0.3, -0.25) is 4.79 Å². The van der Waals surface area contributed by atoms with E-state index >= 15 is 0 Å². The van der Waals surface area contributed by atoms with Gasteiger partial charge in [-0.15, -0.1) is 0 Å². The van der Waals surface area contributed by atoms with Gasteiger partial charge in [-0.05, 0) is 30.3 Å². The number of amides is 1. The number of nitrogens with one attached hydrogen (secondary N) is 1. The normalized spacial score (nSPS) is 10.4. The summed E-state index contributed by atoms with van der Waals surface area (Å²) in [5, 5.41) is 16.4. The number of hydrogen-bond acceptors (Lipinski definition) is 4. The van der Waals surface area contributed by atoms with Crippen LogP contribution in [-0.2, 0) is 0 Å². The van der Waals surface area contributed by atoms with Crippen molar-refractivity contribution in [3.8, 4) is 17.1 Å². The molecule has 0 bridgehead atoms. The van der Waals surface area contributed by atoms with Gasteiger partial charge in [0.1, 0.15) is 5.75 Å². The predicted molar refractivity (Wildman–Crippen MR) is 83.0 cm³/mol. The molecule has 1 amide bonds. The van der Waals surface area contributed by atoms with E-state index in [2.05, 4.69) is 10.5 Å². The van der Waals surface area contributed by atoms with Crippen LogP contribution in [0, 0.1) is 0 Å². The minimum atomic E-state index is -0.405. The first-order valence-corrected chi connectivity index (χ1v) is 6.83. The van der Waals surface area contributed by atoms with Gasteiger partial charge in [-0.25, -0.2) is 0 Å². The zero-order valence-corrected chi connectivity index (χ0v) is 12.0. The Morgan fingerprint density at radius 3 is 2.73 bits per heavy atom. The summed E-state index contributed by atoms with van der Waals surface area (Å²) < 4.78 is 5.14.